The average molecular weight is 235 g/mol. The number of rotatable bonds is 5. The van der Waals surface area contributed by atoms with Crippen LogP contribution >= 0.6 is 0 Å². The van der Waals surface area contributed by atoms with Crippen molar-refractivity contribution in [2.24, 2.45) is 0 Å². The molecule has 0 atom stereocenters. The maximum absolute atomic E-state index is 11.5. The predicted molar refractivity (Wildman–Crippen MR) is 65.5 cm³/mol. The van der Waals surface area contributed by atoms with Crippen molar-refractivity contribution in [3.8, 4) is 0 Å². The number of hydrogen-bond acceptors (Lipinski definition) is 3. The van der Waals surface area contributed by atoms with Crippen molar-refractivity contribution >= 4 is 17.5 Å². The normalized spacial score (nSPS) is 9.76. The molecule has 1 rings (SSSR count). The third kappa shape index (κ3) is 5.65. The molecule has 0 saturated carbocycles. The van der Waals surface area contributed by atoms with E-state index in [-0.39, 0.29) is 11.8 Å². The molecular formula is C12H17N3O2. The molecule has 5 nitrogen and oxygen atoms in total. The summed E-state index contributed by atoms with van der Waals surface area (Å²) in [6, 6.07) is 1.86. The van der Waals surface area contributed by atoms with Crippen molar-refractivity contribution in [2.45, 2.75) is 26.7 Å². The van der Waals surface area contributed by atoms with Crippen molar-refractivity contribution in [3.05, 3.63) is 24.0 Å². The maximum atomic E-state index is 11.5. The molecule has 0 aliphatic carbocycles. The first-order chi connectivity index (χ1) is 8.08. The number of aryl methyl sites for hydroxylation is 1. The minimum atomic E-state index is -0.0757. The standard InChI is InChI=1S/C12H17N3O2/c1-9-6-11(8-13-7-9)15-12(17)4-3-5-14-10(2)16/h6-8H,3-5H2,1-2H3,(H,14,16)(H,15,17). The molecule has 1 heterocycles. The first kappa shape index (κ1) is 13.2. The van der Waals surface area contributed by atoms with E-state index in [1.807, 2.05) is 13.0 Å². The summed E-state index contributed by atoms with van der Waals surface area (Å²) in [5.41, 5.74) is 1.70. The van der Waals surface area contributed by atoms with Crippen LogP contribution in [0.15, 0.2) is 18.5 Å². The average Bonchev–Trinajstić information content (AvgIpc) is 2.24. The Morgan fingerprint density at radius 3 is 2.76 bits per heavy atom. The number of nitrogens with one attached hydrogen (secondary N) is 2. The maximum Gasteiger partial charge on any atom is 0.224 e. The summed E-state index contributed by atoms with van der Waals surface area (Å²) < 4.78 is 0. The lowest BCUT2D eigenvalue weighted by Crippen LogP contribution is -2.22. The highest BCUT2D eigenvalue weighted by Crippen LogP contribution is 2.07. The Bertz CT molecular complexity index is 404. The fourth-order valence-corrected chi connectivity index (χ4v) is 1.36. The highest BCUT2D eigenvalue weighted by molar-refractivity contribution is 5.90. The van der Waals surface area contributed by atoms with Crippen molar-refractivity contribution in [3.63, 3.8) is 0 Å². The van der Waals surface area contributed by atoms with E-state index >= 15 is 0 Å². The van der Waals surface area contributed by atoms with E-state index in [1.165, 1.54) is 6.92 Å². The number of aromatic nitrogens is 1. The van der Waals surface area contributed by atoms with E-state index in [4.69, 9.17) is 0 Å². The molecule has 0 aromatic carbocycles. The lowest BCUT2D eigenvalue weighted by molar-refractivity contribution is -0.119. The lowest BCUT2D eigenvalue weighted by atomic mass is 10.2. The van der Waals surface area contributed by atoms with Crippen LogP contribution in [0.25, 0.3) is 0 Å². The highest BCUT2D eigenvalue weighted by atomic mass is 16.2. The zero-order valence-corrected chi connectivity index (χ0v) is 10.1. The first-order valence-corrected chi connectivity index (χ1v) is 5.54. The largest absolute Gasteiger partial charge is 0.356 e. The number of carbonyl (C=O) groups is 2. The Morgan fingerprint density at radius 2 is 2.12 bits per heavy atom. The molecular weight excluding hydrogens is 218 g/mol. The molecule has 0 saturated heterocycles. The molecule has 5 heteroatoms. The number of hydrogen-bond donors (Lipinski definition) is 2. The van der Waals surface area contributed by atoms with Crippen LogP contribution in [0, 0.1) is 6.92 Å². The van der Waals surface area contributed by atoms with E-state index in [1.54, 1.807) is 12.4 Å². The molecule has 0 spiro atoms. The van der Waals surface area contributed by atoms with Gasteiger partial charge in [0.15, 0.2) is 0 Å². The molecule has 1 aromatic heterocycles. The first-order valence-electron chi connectivity index (χ1n) is 5.54. The fraction of sp³-hybridized carbons (Fsp3) is 0.417. The Hall–Kier alpha value is -1.91. The van der Waals surface area contributed by atoms with Gasteiger partial charge in [-0.05, 0) is 25.0 Å². The Labute approximate surface area is 101 Å². The van der Waals surface area contributed by atoms with Crippen molar-refractivity contribution in [1.82, 2.24) is 10.3 Å². The van der Waals surface area contributed by atoms with Crippen LogP contribution in [-0.4, -0.2) is 23.3 Å². The quantitative estimate of drug-likeness (QED) is 0.754. The number of pyridine rings is 1. The summed E-state index contributed by atoms with van der Waals surface area (Å²) in [5.74, 6) is -0.143. The van der Waals surface area contributed by atoms with E-state index < -0.39 is 0 Å². The molecule has 0 unspecified atom stereocenters. The van der Waals surface area contributed by atoms with Gasteiger partial charge in [0.1, 0.15) is 0 Å². The number of anilines is 1. The third-order valence-corrected chi connectivity index (χ3v) is 2.11. The topological polar surface area (TPSA) is 71.1 Å². The lowest BCUT2D eigenvalue weighted by Gasteiger charge is -2.05. The summed E-state index contributed by atoms with van der Waals surface area (Å²) in [7, 11) is 0. The van der Waals surface area contributed by atoms with Crippen LogP contribution in [0.5, 0.6) is 0 Å². The van der Waals surface area contributed by atoms with Crippen LogP contribution in [0.4, 0.5) is 5.69 Å². The number of nitrogens with zero attached hydrogens (tertiary/aromatic N) is 1. The van der Waals surface area contributed by atoms with Gasteiger partial charge in [0, 0.05) is 26.1 Å². The molecule has 0 radical (unpaired) electrons. The molecule has 0 bridgehead atoms. The minimum absolute atomic E-state index is 0.0669. The van der Waals surface area contributed by atoms with Gasteiger partial charge < -0.3 is 10.6 Å². The van der Waals surface area contributed by atoms with Gasteiger partial charge >= 0.3 is 0 Å². The van der Waals surface area contributed by atoms with Crippen molar-refractivity contribution in [2.75, 3.05) is 11.9 Å². The molecule has 1 aromatic rings. The summed E-state index contributed by atoms with van der Waals surface area (Å²) in [5, 5.41) is 5.40. The molecule has 0 fully saturated rings. The minimum Gasteiger partial charge on any atom is -0.356 e. The van der Waals surface area contributed by atoms with E-state index in [9.17, 15) is 9.59 Å². The SMILES string of the molecule is CC(=O)NCCCC(=O)Nc1cncc(C)c1. The van der Waals surface area contributed by atoms with Gasteiger partial charge in [0.05, 0.1) is 11.9 Å². The van der Waals surface area contributed by atoms with Crippen molar-refractivity contribution in [1.29, 1.82) is 0 Å². The summed E-state index contributed by atoms with van der Waals surface area (Å²) >= 11 is 0. The third-order valence-electron chi connectivity index (χ3n) is 2.11. The molecule has 2 N–H and O–H groups in total. The van der Waals surface area contributed by atoms with E-state index in [0.29, 0.717) is 25.1 Å². The van der Waals surface area contributed by atoms with E-state index in [2.05, 4.69) is 15.6 Å². The van der Waals surface area contributed by atoms with Crippen LogP contribution in [-0.2, 0) is 9.59 Å². The van der Waals surface area contributed by atoms with Gasteiger partial charge in [-0.15, -0.1) is 0 Å². The van der Waals surface area contributed by atoms with Crippen LogP contribution in [0.3, 0.4) is 0 Å². The molecule has 92 valence electrons. The smallest absolute Gasteiger partial charge is 0.224 e. The highest BCUT2D eigenvalue weighted by Gasteiger charge is 2.02. The second-order valence-electron chi connectivity index (χ2n) is 3.89. The summed E-state index contributed by atoms with van der Waals surface area (Å²) in [6.45, 7) is 3.90. The second-order valence-corrected chi connectivity index (χ2v) is 3.89. The van der Waals surface area contributed by atoms with Gasteiger partial charge in [-0.3, -0.25) is 14.6 Å². The fourth-order valence-electron chi connectivity index (χ4n) is 1.36. The monoisotopic (exact) mass is 235 g/mol. The Morgan fingerprint density at radius 1 is 1.35 bits per heavy atom. The van der Waals surface area contributed by atoms with Gasteiger partial charge in [0.2, 0.25) is 11.8 Å². The predicted octanol–water partition coefficient (Wildman–Crippen LogP) is 1.24. The second kappa shape index (κ2) is 6.62. The molecule has 2 amide bonds. The molecule has 0 aliphatic rings. The summed E-state index contributed by atoms with van der Waals surface area (Å²) in [4.78, 5) is 26.1. The van der Waals surface area contributed by atoms with Crippen LogP contribution in [0.2, 0.25) is 0 Å². The van der Waals surface area contributed by atoms with Gasteiger partial charge in [-0.1, -0.05) is 0 Å². The van der Waals surface area contributed by atoms with Crippen LogP contribution < -0.4 is 10.6 Å². The molecule has 17 heavy (non-hydrogen) atoms. The summed E-state index contributed by atoms with van der Waals surface area (Å²) in [6.07, 6.45) is 4.35. The van der Waals surface area contributed by atoms with Gasteiger partial charge in [-0.25, -0.2) is 0 Å². The van der Waals surface area contributed by atoms with Crippen LogP contribution in [0.1, 0.15) is 25.3 Å². The van der Waals surface area contributed by atoms with Crippen molar-refractivity contribution < 1.29 is 9.59 Å². The Balaban J connectivity index is 2.27. The zero-order valence-electron chi connectivity index (χ0n) is 10.1. The number of carbonyl (C=O) groups excluding carboxylic acids is 2. The zero-order chi connectivity index (χ0) is 12.7. The Kier molecular flexibility index (Phi) is 5.13. The number of amides is 2. The molecule has 0 aliphatic heterocycles. The van der Waals surface area contributed by atoms with Gasteiger partial charge in [-0.2, -0.15) is 0 Å². The van der Waals surface area contributed by atoms with E-state index in [0.717, 1.165) is 5.56 Å². The van der Waals surface area contributed by atoms with Gasteiger partial charge in [0.25, 0.3) is 0 Å².